The molecule has 5 rings (SSSR count). The van der Waals surface area contributed by atoms with Crippen LogP contribution in [0.2, 0.25) is 0 Å². The van der Waals surface area contributed by atoms with Crippen molar-refractivity contribution in [1.82, 2.24) is 0 Å². The zero-order chi connectivity index (χ0) is 28.8. The highest BCUT2D eigenvalue weighted by Crippen LogP contribution is 2.52. The Hall–Kier alpha value is -4.84. The monoisotopic (exact) mass is 544 g/mol. The van der Waals surface area contributed by atoms with Gasteiger partial charge in [-0.05, 0) is 72.4 Å². The molecule has 0 N–H and O–H groups in total. The maximum absolute atomic E-state index is 12.7. The first-order valence-corrected chi connectivity index (χ1v) is 13.8. The molecule has 0 fully saturated rings. The van der Waals surface area contributed by atoms with Gasteiger partial charge in [0.15, 0.2) is 0 Å². The van der Waals surface area contributed by atoms with Gasteiger partial charge in [0.05, 0.1) is 22.6 Å². The van der Waals surface area contributed by atoms with Gasteiger partial charge >= 0.3 is 11.9 Å². The van der Waals surface area contributed by atoms with Crippen molar-refractivity contribution < 1.29 is 19.3 Å². The second kappa shape index (κ2) is 12.1. The van der Waals surface area contributed by atoms with E-state index in [0.717, 1.165) is 18.4 Å². The number of nitrogens with zero attached hydrogens (tertiary/aromatic N) is 2. The summed E-state index contributed by atoms with van der Waals surface area (Å²) in [6.45, 7) is 6.19. The predicted molar refractivity (Wildman–Crippen MR) is 161 cm³/mol. The van der Waals surface area contributed by atoms with Gasteiger partial charge in [-0.3, -0.25) is 0 Å². The van der Waals surface area contributed by atoms with Gasteiger partial charge < -0.3 is 9.68 Å². The summed E-state index contributed by atoms with van der Waals surface area (Å²) in [5.74, 6) is -1.11. The lowest BCUT2D eigenvalue weighted by Gasteiger charge is -2.30. The lowest BCUT2D eigenvalue weighted by Crippen LogP contribution is -2.23. The normalized spacial score (nSPS) is 13.7. The van der Waals surface area contributed by atoms with Gasteiger partial charge in [0.2, 0.25) is 0 Å². The SMILES string of the molecule is CCC1(CC)c2ccccc2-c2ccc(/C(C/C(C)=N/OC(=O)c3ccccc3)=N/OC(=O)c3ccccc3)cc21. The molecular formula is C35H32N2O4. The molecule has 0 saturated heterocycles. The molecule has 1 aliphatic rings. The number of hydrogen-bond acceptors (Lipinski definition) is 6. The van der Waals surface area contributed by atoms with E-state index in [2.05, 4.69) is 60.6 Å². The van der Waals surface area contributed by atoms with Gasteiger partial charge in [0.1, 0.15) is 0 Å². The second-order valence-corrected chi connectivity index (χ2v) is 10.1. The van der Waals surface area contributed by atoms with Crippen LogP contribution in [0.3, 0.4) is 0 Å². The average Bonchev–Trinajstić information content (AvgIpc) is 3.31. The Bertz CT molecular complexity index is 1620. The predicted octanol–water partition coefficient (Wildman–Crippen LogP) is 7.96. The quantitative estimate of drug-likeness (QED) is 0.122. The van der Waals surface area contributed by atoms with Crippen LogP contribution in [0, 0.1) is 0 Å². The van der Waals surface area contributed by atoms with Gasteiger partial charge in [0, 0.05) is 17.4 Å². The van der Waals surface area contributed by atoms with Crippen molar-refractivity contribution in [2.75, 3.05) is 0 Å². The van der Waals surface area contributed by atoms with Crippen LogP contribution in [0.5, 0.6) is 0 Å². The molecule has 4 aromatic rings. The topological polar surface area (TPSA) is 77.3 Å². The third-order valence-electron chi connectivity index (χ3n) is 7.77. The molecule has 0 saturated carbocycles. The van der Waals surface area contributed by atoms with E-state index < -0.39 is 11.9 Å². The highest BCUT2D eigenvalue weighted by atomic mass is 16.7. The van der Waals surface area contributed by atoms with E-state index in [-0.39, 0.29) is 11.8 Å². The summed E-state index contributed by atoms with van der Waals surface area (Å²) in [6, 6.07) is 32.2. The highest BCUT2D eigenvalue weighted by Gasteiger charge is 2.40. The second-order valence-electron chi connectivity index (χ2n) is 10.1. The van der Waals surface area contributed by atoms with Crippen molar-refractivity contribution >= 4 is 23.4 Å². The van der Waals surface area contributed by atoms with Crippen LogP contribution in [-0.4, -0.2) is 23.4 Å². The molecule has 41 heavy (non-hydrogen) atoms. The minimum atomic E-state index is -0.557. The Morgan fingerprint density at radius 3 is 1.78 bits per heavy atom. The Morgan fingerprint density at radius 1 is 0.634 bits per heavy atom. The zero-order valence-electron chi connectivity index (χ0n) is 23.5. The van der Waals surface area contributed by atoms with E-state index in [1.807, 2.05) is 18.2 Å². The van der Waals surface area contributed by atoms with E-state index in [9.17, 15) is 9.59 Å². The molecule has 0 aliphatic heterocycles. The van der Waals surface area contributed by atoms with Crippen molar-refractivity contribution in [2.24, 2.45) is 10.3 Å². The molecule has 0 aromatic heterocycles. The van der Waals surface area contributed by atoms with Crippen molar-refractivity contribution in [1.29, 1.82) is 0 Å². The number of carbonyl (C=O) groups is 2. The van der Waals surface area contributed by atoms with Gasteiger partial charge in [0.25, 0.3) is 0 Å². The van der Waals surface area contributed by atoms with Crippen LogP contribution in [0.4, 0.5) is 0 Å². The molecule has 206 valence electrons. The number of carbonyl (C=O) groups excluding carboxylic acids is 2. The largest absolute Gasteiger partial charge is 0.365 e. The lowest BCUT2D eigenvalue weighted by molar-refractivity contribution is 0.0510. The van der Waals surface area contributed by atoms with E-state index in [1.165, 1.54) is 22.3 Å². The van der Waals surface area contributed by atoms with Gasteiger partial charge in [-0.15, -0.1) is 0 Å². The maximum atomic E-state index is 12.7. The Kier molecular flexibility index (Phi) is 8.20. The molecule has 0 spiro atoms. The highest BCUT2D eigenvalue weighted by molar-refractivity contribution is 6.12. The molecule has 0 unspecified atom stereocenters. The van der Waals surface area contributed by atoms with Crippen molar-refractivity contribution in [3.8, 4) is 11.1 Å². The first-order valence-electron chi connectivity index (χ1n) is 13.8. The Morgan fingerprint density at radius 2 is 1.17 bits per heavy atom. The molecule has 6 heteroatoms. The van der Waals surface area contributed by atoms with Crippen LogP contribution in [0.1, 0.15) is 77.4 Å². The molecule has 0 amide bonds. The van der Waals surface area contributed by atoms with Crippen molar-refractivity contribution in [3.05, 3.63) is 131 Å². The van der Waals surface area contributed by atoms with Gasteiger partial charge in [-0.2, -0.15) is 0 Å². The Labute approximate surface area is 240 Å². The van der Waals surface area contributed by atoms with Crippen molar-refractivity contribution in [2.45, 2.75) is 45.4 Å². The van der Waals surface area contributed by atoms with Crippen LogP contribution < -0.4 is 0 Å². The van der Waals surface area contributed by atoms with Crippen LogP contribution >= 0.6 is 0 Å². The van der Waals surface area contributed by atoms with Crippen LogP contribution in [-0.2, 0) is 15.1 Å². The third kappa shape index (κ3) is 5.59. The fourth-order valence-corrected chi connectivity index (χ4v) is 5.58. The van der Waals surface area contributed by atoms with Crippen LogP contribution in [0.25, 0.3) is 11.1 Å². The van der Waals surface area contributed by atoms with Gasteiger partial charge in [-0.1, -0.05) is 97.0 Å². The third-order valence-corrected chi connectivity index (χ3v) is 7.77. The van der Waals surface area contributed by atoms with E-state index in [0.29, 0.717) is 22.6 Å². The summed E-state index contributed by atoms with van der Waals surface area (Å²) >= 11 is 0. The van der Waals surface area contributed by atoms with E-state index in [1.54, 1.807) is 55.5 Å². The molecule has 0 heterocycles. The summed E-state index contributed by atoms with van der Waals surface area (Å²) in [4.78, 5) is 35.8. The number of hydrogen-bond donors (Lipinski definition) is 0. The summed E-state index contributed by atoms with van der Waals surface area (Å²) in [7, 11) is 0. The fraction of sp³-hybridized carbons (Fsp3) is 0.200. The molecule has 0 bridgehead atoms. The number of oxime groups is 2. The minimum Gasteiger partial charge on any atom is -0.313 e. The summed E-state index contributed by atoms with van der Waals surface area (Å²) in [6.07, 6.45) is 2.10. The lowest BCUT2D eigenvalue weighted by atomic mass is 9.73. The average molecular weight is 545 g/mol. The fourth-order valence-electron chi connectivity index (χ4n) is 5.58. The number of benzene rings is 4. The number of fused-ring (bicyclic) bond motifs is 3. The maximum Gasteiger partial charge on any atom is 0.365 e. The molecule has 0 atom stereocenters. The zero-order valence-corrected chi connectivity index (χ0v) is 23.5. The molecule has 1 aliphatic carbocycles. The van der Waals surface area contributed by atoms with E-state index >= 15 is 0 Å². The smallest absolute Gasteiger partial charge is 0.313 e. The minimum absolute atomic E-state index is 0.123. The van der Waals surface area contributed by atoms with Crippen LogP contribution in [0.15, 0.2) is 113 Å². The summed E-state index contributed by atoms with van der Waals surface area (Å²) in [5, 5.41) is 8.38. The summed E-state index contributed by atoms with van der Waals surface area (Å²) in [5.41, 5.74) is 7.52. The molecule has 6 nitrogen and oxygen atoms in total. The van der Waals surface area contributed by atoms with Crippen molar-refractivity contribution in [3.63, 3.8) is 0 Å². The molecule has 0 radical (unpaired) electrons. The molecule has 4 aromatic carbocycles. The Balaban J connectivity index is 1.49. The van der Waals surface area contributed by atoms with Gasteiger partial charge in [-0.25, -0.2) is 9.59 Å². The number of rotatable bonds is 9. The first-order chi connectivity index (χ1) is 20.0. The van der Waals surface area contributed by atoms with E-state index in [4.69, 9.17) is 9.68 Å². The standard InChI is InChI=1S/C35H32N2O4/c1-4-35(5-2)30-19-13-12-18-28(30)29-21-20-27(23-31(29)35)32(37-41-34(39)26-16-10-7-11-17-26)22-24(3)36-40-33(38)25-14-8-6-9-15-25/h6-21,23H,4-5,22H2,1-3H3/b36-24+,37-32+. The molecular weight excluding hydrogens is 512 g/mol. The first kappa shape index (κ1) is 27.7. The summed E-state index contributed by atoms with van der Waals surface area (Å²) < 4.78 is 0.